The zero-order chi connectivity index (χ0) is 14.0. The van der Waals surface area contributed by atoms with Crippen LogP contribution in [0.15, 0.2) is 18.2 Å². The molecule has 1 aliphatic rings. The zero-order valence-corrected chi connectivity index (χ0v) is 11.5. The highest BCUT2D eigenvalue weighted by molar-refractivity contribution is 6.34. The minimum Gasteiger partial charge on any atom is -0.334 e. The molecule has 1 atom stereocenters. The van der Waals surface area contributed by atoms with Crippen molar-refractivity contribution in [2.24, 2.45) is 0 Å². The first-order valence-corrected chi connectivity index (χ1v) is 6.77. The van der Waals surface area contributed by atoms with E-state index in [-0.39, 0.29) is 22.3 Å². The molecule has 1 aromatic carbocycles. The third-order valence-corrected chi connectivity index (χ3v) is 3.89. The van der Waals surface area contributed by atoms with Gasteiger partial charge in [-0.25, -0.2) is 0 Å². The second kappa shape index (κ2) is 5.75. The summed E-state index contributed by atoms with van der Waals surface area (Å²) in [5, 5.41) is 11.1. The Kier molecular flexibility index (Phi) is 4.27. The van der Waals surface area contributed by atoms with Crippen LogP contribution in [0.3, 0.4) is 0 Å². The maximum atomic E-state index is 12.4. The fraction of sp³-hybridized carbons (Fsp3) is 0.417. The molecule has 5 nitrogen and oxygen atoms in total. The maximum Gasteiger partial charge on any atom is 0.283 e. The molecule has 1 heterocycles. The highest BCUT2D eigenvalue weighted by Gasteiger charge is 2.33. The second-order valence-corrected chi connectivity index (χ2v) is 5.06. The van der Waals surface area contributed by atoms with Crippen LogP contribution >= 0.6 is 23.2 Å². The molecule has 0 bridgehead atoms. The summed E-state index contributed by atoms with van der Waals surface area (Å²) < 4.78 is 0. The van der Waals surface area contributed by atoms with E-state index in [4.69, 9.17) is 23.2 Å². The third kappa shape index (κ3) is 2.67. The Morgan fingerprint density at radius 1 is 1.53 bits per heavy atom. The van der Waals surface area contributed by atoms with Crippen molar-refractivity contribution in [2.45, 2.75) is 18.9 Å². The van der Waals surface area contributed by atoms with E-state index in [1.807, 2.05) is 0 Å². The predicted molar refractivity (Wildman–Crippen MR) is 72.9 cm³/mol. The van der Waals surface area contributed by atoms with Crippen molar-refractivity contribution < 1.29 is 9.72 Å². The number of rotatable bonds is 3. The predicted octanol–water partition coefficient (Wildman–Crippen LogP) is 3.09. The monoisotopic (exact) mass is 302 g/mol. The highest BCUT2D eigenvalue weighted by atomic mass is 35.5. The molecule has 19 heavy (non-hydrogen) atoms. The molecule has 7 heteroatoms. The quantitative estimate of drug-likeness (QED) is 0.489. The molecular formula is C12H12Cl2N2O3. The molecule has 1 unspecified atom stereocenters. The van der Waals surface area contributed by atoms with Gasteiger partial charge in [0.05, 0.1) is 9.95 Å². The number of amides is 1. The SMILES string of the molecule is O=C(c1c(Cl)cccc1[N+](=O)[O-])N1CCCC1CCl. The molecule has 1 saturated heterocycles. The lowest BCUT2D eigenvalue weighted by Crippen LogP contribution is -2.37. The van der Waals surface area contributed by atoms with Crippen LogP contribution in [0, 0.1) is 10.1 Å². The molecule has 0 spiro atoms. The number of carbonyl (C=O) groups is 1. The summed E-state index contributed by atoms with van der Waals surface area (Å²) in [6.07, 6.45) is 1.66. The zero-order valence-electron chi connectivity index (χ0n) is 10.0. The van der Waals surface area contributed by atoms with Gasteiger partial charge in [-0.15, -0.1) is 11.6 Å². The van der Waals surface area contributed by atoms with E-state index in [1.54, 1.807) is 4.90 Å². The summed E-state index contributed by atoms with van der Waals surface area (Å²) in [5.41, 5.74) is -0.316. The lowest BCUT2D eigenvalue weighted by atomic mass is 10.1. The molecule has 0 aromatic heterocycles. The Balaban J connectivity index is 2.41. The summed E-state index contributed by atoms with van der Waals surface area (Å²) in [7, 11) is 0. The van der Waals surface area contributed by atoms with E-state index in [0.717, 1.165) is 12.8 Å². The van der Waals surface area contributed by atoms with Crippen molar-refractivity contribution in [3.8, 4) is 0 Å². The highest BCUT2D eigenvalue weighted by Crippen LogP contribution is 2.30. The Morgan fingerprint density at radius 3 is 2.89 bits per heavy atom. The number of nitrogens with zero attached hydrogens (tertiary/aromatic N) is 2. The average Bonchev–Trinajstić information content (AvgIpc) is 2.85. The first-order valence-electron chi connectivity index (χ1n) is 5.86. The van der Waals surface area contributed by atoms with Crippen LogP contribution < -0.4 is 0 Å². The Morgan fingerprint density at radius 2 is 2.26 bits per heavy atom. The van der Waals surface area contributed by atoms with Gasteiger partial charge in [-0.2, -0.15) is 0 Å². The fourth-order valence-corrected chi connectivity index (χ4v) is 2.85. The second-order valence-electron chi connectivity index (χ2n) is 4.34. The van der Waals surface area contributed by atoms with E-state index < -0.39 is 10.8 Å². The standard InChI is InChI=1S/C12H12Cl2N2O3/c13-7-8-3-2-6-15(8)12(17)11-9(14)4-1-5-10(11)16(18)19/h1,4-5,8H,2-3,6-7H2. The summed E-state index contributed by atoms with van der Waals surface area (Å²) in [4.78, 5) is 24.4. The minimum atomic E-state index is -0.592. The third-order valence-electron chi connectivity index (χ3n) is 3.22. The van der Waals surface area contributed by atoms with Crippen LogP contribution in [-0.4, -0.2) is 34.2 Å². The lowest BCUT2D eigenvalue weighted by molar-refractivity contribution is -0.385. The molecule has 1 aliphatic heterocycles. The van der Waals surface area contributed by atoms with Gasteiger partial charge in [0.2, 0.25) is 0 Å². The van der Waals surface area contributed by atoms with Crippen molar-refractivity contribution in [2.75, 3.05) is 12.4 Å². The first kappa shape index (κ1) is 14.1. The number of likely N-dealkylation sites (tertiary alicyclic amines) is 1. The van der Waals surface area contributed by atoms with E-state index in [0.29, 0.717) is 12.4 Å². The normalized spacial score (nSPS) is 18.6. The number of hydrogen-bond donors (Lipinski definition) is 0. The van der Waals surface area contributed by atoms with Gasteiger partial charge in [0.25, 0.3) is 11.6 Å². The van der Waals surface area contributed by atoms with Gasteiger partial charge in [0.1, 0.15) is 5.56 Å². The minimum absolute atomic E-state index is 0.0498. The van der Waals surface area contributed by atoms with Gasteiger partial charge in [-0.05, 0) is 18.9 Å². The van der Waals surface area contributed by atoms with E-state index in [1.165, 1.54) is 18.2 Å². The first-order chi connectivity index (χ1) is 9.06. The smallest absolute Gasteiger partial charge is 0.283 e. The van der Waals surface area contributed by atoms with Crippen molar-refractivity contribution in [1.29, 1.82) is 0 Å². The molecule has 0 radical (unpaired) electrons. The van der Waals surface area contributed by atoms with E-state index in [2.05, 4.69) is 0 Å². The topological polar surface area (TPSA) is 63.4 Å². The summed E-state index contributed by atoms with van der Waals surface area (Å²) >= 11 is 11.8. The van der Waals surface area contributed by atoms with Crippen LogP contribution in [0.5, 0.6) is 0 Å². The molecule has 102 valence electrons. The van der Waals surface area contributed by atoms with Crippen molar-refractivity contribution >= 4 is 34.8 Å². The molecular weight excluding hydrogens is 291 g/mol. The average molecular weight is 303 g/mol. The van der Waals surface area contributed by atoms with E-state index in [9.17, 15) is 14.9 Å². The van der Waals surface area contributed by atoms with Crippen LogP contribution in [0.25, 0.3) is 0 Å². The fourth-order valence-electron chi connectivity index (χ4n) is 2.28. The van der Waals surface area contributed by atoms with Crippen LogP contribution in [0.1, 0.15) is 23.2 Å². The van der Waals surface area contributed by atoms with Crippen LogP contribution in [-0.2, 0) is 0 Å². The van der Waals surface area contributed by atoms with Crippen molar-refractivity contribution in [3.63, 3.8) is 0 Å². The van der Waals surface area contributed by atoms with Crippen LogP contribution in [0.2, 0.25) is 5.02 Å². The Hall–Kier alpha value is -1.33. The number of nitro groups is 1. The number of hydrogen-bond acceptors (Lipinski definition) is 3. The molecule has 2 rings (SSSR count). The number of carbonyl (C=O) groups excluding carboxylic acids is 1. The van der Waals surface area contributed by atoms with Crippen LogP contribution in [0.4, 0.5) is 5.69 Å². The largest absolute Gasteiger partial charge is 0.334 e. The number of halogens is 2. The summed E-state index contributed by atoms with van der Waals surface area (Å²) in [5.74, 6) is -0.0928. The van der Waals surface area contributed by atoms with Crippen molar-refractivity contribution in [3.05, 3.63) is 38.9 Å². The van der Waals surface area contributed by atoms with Gasteiger partial charge >= 0.3 is 0 Å². The molecule has 1 amide bonds. The van der Waals surface area contributed by atoms with Gasteiger partial charge in [-0.3, -0.25) is 14.9 Å². The molecule has 0 aliphatic carbocycles. The lowest BCUT2D eigenvalue weighted by Gasteiger charge is -2.23. The molecule has 0 N–H and O–H groups in total. The van der Waals surface area contributed by atoms with Gasteiger partial charge < -0.3 is 4.90 Å². The number of nitro benzene ring substituents is 1. The van der Waals surface area contributed by atoms with Crippen molar-refractivity contribution in [1.82, 2.24) is 4.90 Å². The molecule has 1 fully saturated rings. The maximum absolute atomic E-state index is 12.4. The van der Waals surface area contributed by atoms with E-state index >= 15 is 0 Å². The number of benzene rings is 1. The van der Waals surface area contributed by atoms with Gasteiger partial charge in [0, 0.05) is 24.5 Å². The Labute approximate surface area is 120 Å². The summed E-state index contributed by atoms with van der Waals surface area (Å²) in [6, 6.07) is 4.14. The molecule has 0 saturated carbocycles. The Bertz CT molecular complexity index is 522. The molecule has 1 aromatic rings. The van der Waals surface area contributed by atoms with Gasteiger partial charge in [-0.1, -0.05) is 17.7 Å². The van der Waals surface area contributed by atoms with Gasteiger partial charge in [0.15, 0.2) is 0 Å². The summed E-state index contributed by atoms with van der Waals surface area (Å²) in [6.45, 7) is 0.554. The number of alkyl halides is 1.